The molecule has 3 aliphatic rings. The van der Waals surface area contributed by atoms with Crippen LogP contribution in [0.4, 0.5) is 24.9 Å². The first-order chi connectivity index (χ1) is 18.6. The van der Waals surface area contributed by atoms with E-state index in [0.29, 0.717) is 25.7 Å². The van der Waals surface area contributed by atoms with Crippen LogP contribution in [0.2, 0.25) is 0 Å². The number of piperidine rings is 1. The minimum atomic E-state index is -4.65. The van der Waals surface area contributed by atoms with Crippen LogP contribution >= 0.6 is 0 Å². The van der Waals surface area contributed by atoms with Crippen LogP contribution in [0.1, 0.15) is 49.7 Å². The number of aliphatic hydroxyl groups excluding tert-OH is 1. The summed E-state index contributed by atoms with van der Waals surface area (Å²) in [5, 5.41) is 19.1. The predicted molar refractivity (Wildman–Crippen MR) is 142 cm³/mol. The Hall–Kier alpha value is -2.74. The number of alkyl halides is 3. The topological polar surface area (TPSA) is 119 Å². The molecule has 2 aliphatic heterocycles. The maximum absolute atomic E-state index is 13.6. The van der Waals surface area contributed by atoms with E-state index in [1.54, 1.807) is 12.1 Å². The molecule has 1 saturated heterocycles. The lowest BCUT2D eigenvalue weighted by molar-refractivity contribution is -0.137. The van der Waals surface area contributed by atoms with Gasteiger partial charge in [-0.2, -0.15) is 22.5 Å². The first-order valence-electron chi connectivity index (χ1n) is 13.3. The van der Waals surface area contributed by atoms with E-state index in [1.165, 1.54) is 9.88 Å². The zero-order chi connectivity index (χ0) is 27.6. The van der Waals surface area contributed by atoms with Crippen LogP contribution in [-0.2, 0) is 16.2 Å². The van der Waals surface area contributed by atoms with Gasteiger partial charge in [0.2, 0.25) is 16.0 Å². The van der Waals surface area contributed by atoms with Crippen LogP contribution in [0.3, 0.4) is 0 Å². The van der Waals surface area contributed by atoms with Gasteiger partial charge in [0.15, 0.2) is 0 Å². The molecule has 1 aromatic carbocycles. The maximum Gasteiger partial charge on any atom is 0.421 e. The van der Waals surface area contributed by atoms with E-state index in [-0.39, 0.29) is 35.8 Å². The first-order valence-corrected chi connectivity index (χ1v) is 14.7. The second kappa shape index (κ2) is 11.4. The fraction of sp³-hybridized carbons (Fsp3) is 0.538. The van der Waals surface area contributed by atoms with E-state index in [0.717, 1.165) is 37.7 Å². The molecule has 0 spiro atoms. The number of rotatable bonds is 7. The number of nitrogens with zero attached hydrogens (tertiary/aromatic N) is 3. The Balaban J connectivity index is 1.22. The van der Waals surface area contributed by atoms with Crippen molar-refractivity contribution in [2.24, 2.45) is 0 Å². The third-order valence-electron chi connectivity index (χ3n) is 7.61. The highest BCUT2D eigenvalue weighted by atomic mass is 32.2. The molecule has 13 heteroatoms. The molecule has 3 heterocycles. The Labute approximate surface area is 226 Å². The van der Waals surface area contributed by atoms with Gasteiger partial charge in [0.1, 0.15) is 11.4 Å². The Morgan fingerprint density at radius 2 is 1.79 bits per heavy atom. The van der Waals surface area contributed by atoms with Crippen molar-refractivity contribution in [3.8, 4) is 0 Å². The lowest BCUT2D eigenvalue weighted by Gasteiger charge is -2.31. The van der Waals surface area contributed by atoms with Crippen molar-refractivity contribution in [2.45, 2.75) is 67.8 Å². The van der Waals surface area contributed by atoms with Gasteiger partial charge in [0.05, 0.1) is 17.0 Å². The summed E-state index contributed by atoms with van der Waals surface area (Å²) < 4.78 is 68.5. The summed E-state index contributed by atoms with van der Waals surface area (Å²) in [6.45, 7) is 2.22. The van der Waals surface area contributed by atoms with Crippen LogP contribution < -0.4 is 16.0 Å². The summed E-state index contributed by atoms with van der Waals surface area (Å²) in [7, 11) is -3.67. The van der Waals surface area contributed by atoms with Gasteiger partial charge < -0.3 is 21.1 Å². The van der Waals surface area contributed by atoms with E-state index in [4.69, 9.17) is 0 Å². The average Bonchev–Trinajstić information content (AvgIpc) is 3.33. The maximum atomic E-state index is 13.6. The van der Waals surface area contributed by atoms with E-state index in [1.807, 2.05) is 12.1 Å². The van der Waals surface area contributed by atoms with Crippen LogP contribution in [0.15, 0.2) is 41.4 Å². The van der Waals surface area contributed by atoms with Gasteiger partial charge in [-0.1, -0.05) is 18.2 Å². The molecule has 212 valence electrons. The van der Waals surface area contributed by atoms with E-state index < -0.39 is 33.9 Å². The van der Waals surface area contributed by atoms with E-state index in [2.05, 4.69) is 32.0 Å². The fourth-order valence-corrected chi connectivity index (χ4v) is 6.82. The monoisotopic (exact) mass is 566 g/mol. The van der Waals surface area contributed by atoms with E-state index in [9.17, 15) is 26.7 Å². The van der Waals surface area contributed by atoms with Crippen molar-refractivity contribution in [2.75, 3.05) is 36.8 Å². The van der Waals surface area contributed by atoms with Gasteiger partial charge in [0, 0.05) is 31.9 Å². The number of halogens is 3. The second-order valence-corrected chi connectivity index (χ2v) is 12.2. The highest BCUT2D eigenvalue weighted by Crippen LogP contribution is 2.35. The lowest BCUT2D eigenvalue weighted by Crippen LogP contribution is -2.42. The van der Waals surface area contributed by atoms with Gasteiger partial charge in [-0.15, -0.1) is 0 Å². The number of sulfonamides is 1. The number of aromatic nitrogens is 2. The molecule has 5 rings (SSSR count). The molecule has 1 aliphatic carbocycles. The largest absolute Gasteiger partial charge is 0.421 e. The summed E-state index contributed by atoms with van der Waals surface area (Å²) in [5.74, 6) is -0.336. The summed E-state index contributed by atoms with van der Waals surface area (Å²) in [4.78, 5) is 8.20. The summed E-state index contributed by atoms with van der Waals surface area (Å²) in [6, 6.07) is 6.26. The molecule has 0 unspecified atom stereocenters. The number of anilines is 2. The highest BCUT2D eigenvalue weighted by molar-refractivity contribution is 7.89. The molecule has 4 N–H and O–H groups in total. The van der Waals surface area contributed by atoms with Gasteiger partial charge in [-0.25, -0.2) is 13.4 Å². The smallest absolute Gasteiger partial charge is 0.391 e. The summed E-state index contributed by atoms with van der Waals surface area (Å²) in [5.41, 5.74) is 1.23. The summed E-state index contributed by atoms with van der Waals surface area (Å²) in [6.07, 6.45) is 1.07. The molecule has 1 saturated carbocycles. The fourth-order valence-electron chi connectivity index (χ4n) is 5.35. The van der Waals surface area contributed by atoms with Gasteiger partial charge >= 0.3 is 6.18 Å². The SMILES string of the molecule is O=S(=O)(c1ccc(C2=CCNCC2)cc1)N1CCC(Nc2ncc(C(F)(F)F)c(N[C@@H]3CCC[C@H]3O)n2)CC1. The predicted octanol–water partition coefficient (Wildman–Crippen LogP) is 3.46. The van der Waals surface area contributed by atoms with Crippen molar-refractivity contribution in [3.63, 3.8) is 0 Å². The van der Waals surface area contributed by atoms with Crippen LogP contribution in [0, 0.1) is 0 Å². The molecule has 0 bridgehead atoms. The average molecular weight is 567 g/mol. The molecule has 39 heavy (non-hydrogen) atoms. The zero-order valence-electron chi connectivity index (χ0n) is 21.4. The lowest BCUT2D eigenvalue weighted by atomic mass is 10.0. The van der Waals surface area contributed by atoms with Gasteiger partial charge in [-0.05, 0) is 68.3 Å². The molecule has 0 amide bonds. The van der Waals surface area contributed by atoms with Crippen molar-refractivity contribution in [3.05, 3.63) is 47.7 Å². The Bertz CT molecular complexity index is 1300. The molecule has 0 radical (unpaired) electrons. The molecule has 2 atom stereocenters. The molecule has 2 fully saturated rings. The Kier molecular flexibility index (Phi) is 8.13. The van der Waals surface area contributed by atoms with Crippen molar-refractivity contribution in [1.29, 1.82) is 0 Å². The molecule has 2 aromatic rings. The Morgan fingerprint density at radius 1 is 1.05 bits per heavy atom. The van der Waals surface area contributed by atoms with E-state index >= 15 is 0 Å². The van der Waals surface area contributed by atoms with Gasteiger partial charge in [-0.3, -0.25) is 0 Å². The van der Waals surface area contributed by atoms with Crippen LogP contribution in [0.5, 0.6) is 0 Å². The first kappa shape index (κ1) is 27.8. The summed E-state index contributed by atoms with van der Waals surface area (Å²) >= 11 is 0. The van der Waals surface area contributed by atoms with Crippen LogP contribution in [0.25, 0.3) is 5.57 Å². The third kappa shape index (κ3) is 6.37. The highest BCUT2D eigenvalue weighted by Gasteiger charge is 2.37. The molecular weight excluding hydrogens is 533 g/mol. The Morgan fingerprint density at radius 3 is 2.41 bits per heavy atom. The second-order valence-electron chi connectivity index (χ2n) is 10.2. The third-order valence-corrected chi connectivity index (χ3v) is 9.52. The number of nitrogens with one attached hydrogen (secondary N) is 3. The van der Waals surface area contributed by atoms with Crippen LogP contribution in [-0.4, -0.2) is 72.2 Å². The number of aliphatic hydroxyl groups is 1. The molecule has 1 aromatic heterocycles. The van der Waals surface area contributed by atoms with Crippen molar-refractivity contribution >= 4 is 27.4 Å². The quantitative estimate of drug-likeness (QED) is 0.403. The number of hydrogen-bond donors (Lipinski definition) is 4. The molecular formula is C26H33F3N6O3S. The minimum Gasteiger partial charge on any atom is -0.391 e. The normalized spacial score (nSPS) is 23.4. The number of hydrogen-bond acceptors (Lipinski definition) is 8. The standard InChI is InChI=1S/C26H33F3N6O3S/c27-26(28,29)21-16-31-25(34-24(21)33-22-2-1-3-23(22)36)32-19-10-14-35(15-11-19)39(37,38)20-6-4-17(5-7-20)18-8-12-30-13-9-18/h4-8,16,19,22-23,30,36H,1-3,9-15H2,(H2,31,32,33,34)/t22-,23-/m1/s1. The van der Waals surface area contributed by atoms with Crippen molar-refractivity contribution < 1.29 is 26.7 Å². The molecule has 9 nitrogen and oxygen atoms in total. The zero-order valence-corrected chi connectivity index (χ0v) is 22.2. The van der Waals surface area contributed by atoms with Crippen molar-refractivity contribution in [1.82, 2.24) is 19.6 Å². The van der Waals surface area contributed by atoms with Gasteiger partial charge in [0.25, 0.3) is 0 Å². The number of benzene rings is 1. The minimum absolute atomic E-state index is 0.0297.